The Morgan fingerprint density at radius 2 is 2.03 bits per heavy atom. The number of esters is 1. The van der Waals surface area contributed by atoms with E-state index in [4.69, 9.17) is 17.0 Å². The van der Waals surface area contributed by atoms with Crippen LogP contribution >= 0.6 is 0 Å². The molecule has 0 spiro atoms. The number of allylic oxidation sites excluding steroid dienone is 5. The van der Waals surface area contributed by atoms with Gasteiger partial charge in [0.2, 0.25) is 0 Å². The van der Waals surface area contributed by atoms with Crippen molar-refractivity contribution >= 4 is 36.5 Å². The van der Waals surface area contributed by atoms with Gasteiger partial charge < -0.3 is 19.4 Å². The van der Waals surface area contributed by atoms with E-state index in [0.717, 1.165) is 29.7 Å². The molecule has 0 aliphatic rings. The van der Waals surface area contributed by atoms with E-state index in [2.05, 4.69) is 30.6 Å². The molecule has 2 radical (unpaired) electrons. The molecule has 2 aromatic rings. The topological polar surface area (TPSA) is 71.8 Å². The van der Waals surface area contributed by atoms with Crippen LogP contribution in [0.25, 0.3) is 17.0 Å². The van der Waals surface area contributed by atoms with Gasteiger partial charge in [-0.2, -0.15) is 0 Å². The molecule has 166 valence electrons. The van der Waals surface area contributed by atoms with Gasteiger partial charge in [-0.05, 0) is 56.0 Å². The number of fused-ring (bicyclic) bond motifs is 1. The van der Waals surface area contributed by atoms with E-state index in [1.54, 1.807) is 24.4 Å². The van der Waals surface area contributed by atoms with Crippen molar-refractivity contribution in [2.75, 3.05) is 31.1 Å². The molecule has 0 atom stereocenters. The maximum absolute atomic E-state index is 12.5. The Bertz CT molecular complexity index is 1070. The molecule has 0 saturated carbocycles. The van der Waals surface area contributed by atoms with Crippen molar-refractivity contribution in [1.82, 2.24) is 5.32 Å². The molecule has 0 aliphatic heterocycles. The van der Waals surface area contributed by atoms with Crippen LogP contribution in [0, 0.1) is 0 Å². The lowest BCUT2D eigenvalue weighted by Gasteiger charge is -2.20. The molecule has 2 rings (SSSR count). The highest BCUT2D eigenvalue weighted by Gasteiger charge is 2.07. The highest BCUT2D eigenvalue weighted by molar-refractivity contribution is 6.18. The molecular formula is C25H29BN2O4. The van der Waals surface area contributed by atoms with Gasteiger partial charge in [0.05, 0.1) is 13.4 Å². The standard InChI is InChI=1S/C25H29BN2O4/c1-4-7-19(12-13-27-14-15-31-24(29)18-26)8-9-21-16-20-10-11-22(28(5-2)6-3)17-23(20)32-25(21)30/h4,7-13,16-17,27H,1,5-6,14-15,18H2,2-3H3/b9-8+,13-12-,19-7-. The molecule has 32 heavy (non-hydrogen) atoms. The summed E-state index contributed by atoms with van der Waals surface area (Å²) in [6.07, 6.45) is 10.4. The Hall–Kier alpha value is -3.48. The molecule has 7 heteroatoms. The fraction of sp³-hybridized carbons (Fsp3) is 0.280. The summed E-state index contributed by atoms with van der Waals surface area (Å²) in [4.78, 5) is 25.7. The second kappa shape index (κ2) is 13.0. The largest absolute Gasteiger partial charge is 0.464 e. The maximum atomic E-state index is 12.5. The van der Waals surface area contributed by atoms with Gasteiger partial charge >= 0.3 is 5.63 Å². The Labute approximate surface area is 190 Å². The van der Waals surface area contributed by atoms with Crippen LogP contribution in [-0.4, -0.2) is 40.1 Å². The Morgan fingerprint density at radius 1 is 1.25 bits per heavy atom. The molecule has 0 fully saturated rings. The second-order valence-corrected chi connectivity index (χ2v) is 6.83. The lowest BCUT2D eigenvalue weighted by molar-refractivity contribution is -0.140. The lowest BCUT2D eigenvalue weighted by atomic mass is 10.1. The first-order chi connectivity index (χ1) is 15.5. The first-order valence-electron chi connectivity index (χ1n) is 10.6. The maximum Gasteiger partial charge on any atom is 0.343 e. The minimum absolute atomic E-state index is 0.132. The van der Waals surface area contributed by atoms with Gasteiger partial charge in [0.15, 0.2) is 0 Å². The van der Waals surface area contributed by atoms with E-state index in [9.17, 15) is 9.59 Å². The zero-order valence-corrected chi connectivity index (χ0v) is 18.7. The summed E-state index contributed by atoms with van der Waals surface area (Å²) in [5.41, 5.74) is 2.48. The first-order valence-corrected chi connectivity index (χ1v) is 10.6. The number of nitrogens with one attached hydrogen (secondary N) is 1. The zero-order valence-electron chi connectivity index (χ0n) is 18.7. The molecule has 1 aromatic heterocycles. The molecule has 1 N–H and O–H groups in total. The van der Waals surface area contributed by atoms with E-state index >= 15 is 0 Å². The van der Waals surface area contributed by atoms with E-state index in [0.29, 0.717) is 17.7 Å². The van der Waals surface area contributed by atoms with E-state index in [1.165, 1.54) is 0 Å². The highest BCUT2D eigenvalue weighted by Crippen LogP contribution is 2.22. The summed E-state index contributed by atoms with van der Waals surface area (Å²) in [6.45, 7) is 10.3. The third-order valence-electron chi connectivity index (χ3n) is 4.71. The van der Waals surface area contributed by atoms with Crippen LogP contribution in [0.1, 0.15) is 19.4 Å². The SMILES string of the molecule is [B]CC(=O)OCCN\C=C/C(=C\C=C)/C=C/c1cc2ccc(N(CC)CC)cc2oc1=O. The summed E-state index contributed by atoms with van der Waals surface area (Å²) >= 11 is 0. The number of anilines is 1. The number of nitrogens with zero attached hydrogens (tertiary/aromatic N) is 1. The smallest absolute Gasteiger partial charge is 0.343 e. The van der Waals surface area contributed by atoms with Crippen molar-refractivity contribution < 1.29 is 13.9 Å². The normalized spacial score (nSPS) is 11.9. The first kappa shape index (κ1) is 24.8. The monoisotopic (exact) mass is 432 g/mol. The predicted molar refractivity (Wildman–Crippen MR) is 132 cm³/mol. The average molecular weight is 432 g/mol. The summed E-state index contributed by atoms with van der Waals surface area (Å²) < 4.78 is 10.4. The van der Waals surface area contributed by atoms with Crippen molar-refractivity contribution in [1.29, 1.82) is 0 Å². The van der Waals surface area contributed by atoms with Crippen LogP contribution in [0.15, 0.2) is 76.1 Å². The van der Waals surface area contributed by atoms with Gasteiger partial charge in [0, 0.05) is 43.1 Å². The molecule has 6 nitrogen and oxygen atoms in total. The molecule has 1 heterocycles. The Morgan fingerprint density at radius 3 is 2.72 bits per heavy atom. The van der Waals surface area contributed by atoms with Crippen LogP contribution < -0.4 is 15.8 Å². The molecular weight excluding hydrogens is 403 g/mol. The number of carbonyl (C=O) groups is 1. The quantitative estimate of drug-likeness (QED) is 0.180. The summed E-state index contributed by atoms with van der Waals surface area (Å²) in [5.74, 6) is -0.440. The molecule has 0 aliphatic carbocycles. The minimum atomic E-state index is -0.440. The van der Waals surface area contributed by atoms with Gasteiger partial charge in [-0.3, -0.25) is 4.79 Å². The summed E-state index contributed by atoms with van der Waals surface area (Å²) in [6, 6.07) is 7.72. The number of benzene rings is 1. The van der Waals surface area contributed by atoms with Crippen LogP contribution in [-0.2, 0) is 9.53 Å². The molecule has 1 aromatic carbocycles. The number of hydrogen-bond donors (Lipinski definition) is 1. The third-order valence-corrected chi connectivity index (χ3v) is 4.71. The van der Waals surface area contributed by atoms with E-state index < -0.39 is 11.6 Å². The number of hydrogen-bond acceptors (Lipinski definition) is 6. The van der Waals surface area contributed by atoms with Crippen LogP contribution in [0.4, 0.5) is 5.69 Å². The molecule has 0 saturated heterocycles. The fourth-order valence-electron chi connectivity index (χ4n) is 3.03. The van der Waals surface area contributed by atoms with Gasteiger partial charge in [0.25, 0.3) is 5.97 Å². The Balaban J connectivity index is 2.11. The van der Waals surface area contributed by atoms with Crippen LogP contribution in [0.3, 0.4) is 0 Å². The average Bonchev–Trinajstić information content (AvgIpc) is 2.80. The summed E-state index contributed by atoms with van der Waals surface area (Å²) in [7, 11) is 5.17. The Kier molecular flexibility index (Phi) is 10.1. The number of rotatable bonds is 12. The van der Waals surface area contributed by atoms with E-state index in [-0.39, 0.29) is 12.9 Å². The third kappa shape index (κ3) is 7.34. The van der Waals surface area contributed by atoms with E-state index in [1.807, 2.05) is 36.4 Å². The van der Waals surface area contributed by atoms with Gasteiger partial charge in [-0.25, -0.2) is 4.79 Å². The zero-order chi connectivity index (χ0) is 23.3. The number of ether oxygens (including phenoxy) is 1. The van der Waals surface area contributed by atoms with Crippen molar-refractivity contribution in [2.45, 2.75) is 20.2 Å². The minimum Gasteiger partial charge on any atom is -0.464 e. The predicted octanol–water partition coefficient (Wildman–Crippen LogP) is 4.00. The van der Waals surface area contributed by atoms with Crippen molar-refractivity contribution in [3.63, 3.8) is 0 Å². The van der Waals surface area contributed by atoms with Gasteiger partial charge in [0.1, 0.15) is 12.2 Å². The van der Waals surface area contributed by atoms with Crippen molar-refractivity contribution in [2.24, 2.45) is 0 Å². The summed E-state index contributed by atoms with van der Waals surface area (Å²) in [5, 5.41) is 3.88. The lowest BCUT2D eigenvalue weighted by Crippen LogP contribution is -2.21. The van der Waals surface area contributed by atoms with Crippen molar-refractivity contribution in [3.8, 4) is 0 Å². The molecule has 0 unspecified atom stereocenters. The van der Waals surface area contributed by atoms with Crippen LogP contribution in [0.2, 0.25) is 6.32 Å². The number of carbonyl (C=O) groups excluding carboxylic acids is 1. The highest BCUT2D eigenvalue weighted by atomic mass is 16.5. The van der Waals surface area contributed by atoms with Gasteiger partial charge in [-0.1, -0.05) is 24.8 Å². The fourth-order valence-corrected chi connectivity index (χ4v) is 3.03. The van der Waals surface area contributed by atoms with Crippen LogP contribution in [0.5, 0.6) is 0 Å². The second-order valence-electron chi connectivity index (χ2n) is 6.83. The molecule has 0 bridgehead atoms. The molecule has 0 amide bonds. The van der Waals surface area contributed by atoms with Crippen molar-refractivity contribution in [3.05, 3.63) is 82.9 Å². The van der Waals surface area contributed by atoms with Gasteiger partial charge in [-0.15, -0.1) is 0 Å².